The maximum Gasteiger partial charge on any atom is 0.226 e. The summed E-state index contributed by atoms with van der Waals surface area (Å²) in [6, 6.07) is 12.9. The largest absolute Gasteiger partial charge is 0.467 e. The number of carbonyl (C=O) groups excluding carboxylic acids is 1. The maximum absolute atomic E-state index is 12.4. The number of anilines is 1. The Bertz CT molecular complexity index is 745. The topological polar surface area (TPSA) is 47.2 Å². The summed E-state index contributed by atoms with van der Waals surface area (Å²) in [7, 11) is 0. The molecule has 0 radical (unpaired) electrons. The van der Waals surface area contributed by atoms with Crippen molar-refractivity contribution in [3.05, 3.63) is 77.5 Å². The second-order valence-corrected chi connectivity index (χ2v) is 5.80. The molecule has 118 valence electrons. The number of nitrogens with one attached hydrogen (secondary N) is 1. The molecule has 2 aromatic heterocycles. The van der Waals surface area contributed by atoms with Gasteiger partial charge in [0.25, 0.3) is 0 Å². The van der Waals surface area contributed by atoms with E-state index in [1.54, 1.807) is 6.26 Å². The Kier molecular flexibility index (Phi) is 4.53. The van der Waals surface area contributed by atoms with Crippen LogP contribution in [0.5, 0.6) is 0 Å². The average Bonchev–Trinajstić information content (AvgIpc) is 3.21. The molecular formula is C18H17ClN2O2. The fraction of sp³-hybridized carbons (Fsp3) is 0.167. The normalized spacial score (nSPS) is 12.1. The van der Waals surface area contributed by atoms with Crippen molar-refractivity contribution in [3.63, 3.8) is 0 Å². The molecule has 1 atom stereocenters. The molecule has 0 bridgehead atoms. The van der Waals surface area contributed by atoms with Gasteiger partial charge in [0, 0.05) is 12.4 Å². The Morgan fingerprint density at radius 1 is 1.26 bits per heavy atom. The van der Waals surface area contributed by atoms with Crippen LogP contribution in [0.25, 0.3) is 0 Å². The van der Waals surface area contributed by atoms with Crippen molar-refractivity contribution < 1.29 is 9.21 Å². The maximum atomic E-state index is 12.4. The third kappa shape index (κ3) is 3.66. The summed E-state index contributed by atoms with van der Waals surface area (Å²) in [6.07, 6.45) is 5.70. The first kappa shape index (κ1) is 15.4. The molecule has 0 saturated carbocycles. The molecule has 23 heavy (non-hydrogen) atoms. The second-order valence-electron chi connectivity index (χ2n) is 5.40. The lowest BCUT2D eigenvalue weighted by Crippen LogP contribution is -2.19. The zero-order valence-electron chi connectivity index (χ0n) is 12.7. The minimum absolute atomic E-state index is 0.120. The number of aryl methyl sites for hydroxylation is 1. The van der Waals surface area contributed by atoms with E-state index in [1.807, 2.05) is 66.3 Å². The SMILES string of the molecule is Cc1ccc(NC(=O)C[C@@H](c2ccco2)n2cccc2)c(Cl)c1. The highest BCUT2D eigenvalue weighted by atomic mass is 35.5. The fourth-order valence-corrected chi connectivity index (χ4v) is 2.77. The Balaban J connectivity index is 1.76. The van der Waals surface area contributed by atoms with Gasteiger partial charge in [-0.2, -0.15) is 0 Å². The lowest BCUT2D eigenvalue weighted by molar-refractivity contribution is -0.116. The van der Waals surface area contributed by atoms with Gasteiger partial charge >= 0.3 is 0 Å². The van der Waals surface area contributed by atoms with Crippen LogP contribution in [0.3, 0.4) is 0 Å². The molecule has 1 N–H and O–H groups in total. The molecule has 0 aliphatic heterocycles. The van der Waals surface area contributed by atoms with Gasteiger partial charge in [0.15, 0.2) is 0 Å². The lowest BCUT2D eigenvalue weighted by atomic mass is 10.1. The summed E-state index contributed by atoms with van der Waals surface area (Å²) in [5, 5.41) is 3.40. The summed E-state index contributed by atoms with van der Waals surface area (Å²) in [5.41, 5.74) is 1.67. The molecule has 3 rings (SSSR count). The van der Waals surface area contributed by atoms with Crippen LogP contribution in [0.2, 0.25) is 5.02 Å². The van der Waals surface area contributed by atoms with Crippen molar-refractivity contribution in [3.8, 4) is 0 Å². The predicted molar refractivity (Wildman–Crippen MR) is 90.7 cm³/mol. The van der Waals surface area contributed by atoms with Gasteiger partial charge in [-0.3, -0.25) is 4.79 Å². The van der Waals surface area contributed by atoms with Crippen LogP contribution in [0.1, 0.15) is 23.8 Å². The Morgan fingerprint density at radius 3 is 2.70 bits per heavy atom. The Labute approximate surface area is 139 Å². The zero-order chi connectivity index (χ0) is 16.2. The van der Waals surface area contributed by atoms with Gasteiger partial charge in [-0.25, -0.2) is 0 Å². The van der Waals surface area contributed by atoms with Gasteiger partial charge in [0.1, 0.15) is 5.76 Å². The molecule has 5 heteroatoms. The third-order valence-electron chi connectivity index (χ3n) is 3.64. The van der Waals surface area contributed by atoms with Crippen molar-refractivity contribution in [1.29, 1.82) is 0 Å². The van der Waals surface area contributed by atoms with E-state index >= 15 is 0 Å². The molecule has 4 nitrogen and oxygen atoms in total. The summed E-state index contributed by atoms with van der Waals surface area (Å²) >= 11 is 6.17. The quantitative estimate of drug-likeness (QED) is 0.740. The van der Waals surface area contributed by atoms with Gasteiger partial charge in [0.05, 0.1) is 29.4 Å². The number of nitrogens with zero attached hydrogens (tertiary/aromatic N) is 1. The minimum atomic E-state index is -0.191. The summed E-state index contributed by atoms with van der Waals surface area (Å²) in [6.45, 7) is 1.95. The van der Waals surface area contributed by atoms with Crippen LogP contribution in [-0.4, -0.2) is 10.5 Å². The molecule has 2 heterocycles. The van der Waals surface area contributed by atoms with Gasteiger partial charge in [-0.05, 0) is 48.9 Å². The van der Waals surface area contributed by atoms with E-state index < -0.39 is 0 Å². The Hall–Kier alpha value is -2.46. The number of hydrogen-bond donors (Lipinski definition) is 1. The number of carbonyl (C=O) groups is 1. The molecule has 0 unspecified atom stereocenters. The molecule has 1 amide bonds. The van der Waals surface area contributed by atoms with Crippen molar-refractivity contribution in [2.24, 2.45) is 0 Å². The van der Waals surface area contributed by atoms with E-state index in [2.05, 4.69) is 5.32 Å². The first-order valence-electron chi connectivity index (χ1n) is 7.35. The highest BCUT2D eigenvalue weighted by Crippen LogP contribution is 2.26. The first-order chi connectivity index (χ1) is 11.1. The molecular weight excluding hydrogens is 312 g/mol. The number of aromatic nitrogens is 1. The van der Waals surface area contributed by atoms with Gasteiger partial charge in [-0.1, -0.05) is 17.7 Å². The van der Waals surface area contributed by atoms with Crippen LogP contribution >= 0.6 is 11.6 Å². The predicted octanol–water partition coefficient (Wildman–Crippen LogP) is 4.66. The van der Waals surface area contributed by atoms with Gasteiger partial charge < -0.3 is 14.3 Å². The Morgan fingerprint density at radius 2 is 2.04 bits per heavy atom. The molecule has 0 aliphatic rings. The van der Waals surface area contributed by atoms with E-state index in [0.29, 0.717) is 10.7 Å². The smallest absolute Gasteiger partial charge is 0.226 e. The highest BCUT2D eigenvalue weighted by molar-refractivity contribution is 6.33. The average molecular weight is 329 g/mol. The van der Waals surface area contributed by atoms with E-state index in [1.165, 1.54) is 0 Å². The van der Waals surface area contributed by atoms with Crippen LogP contribution < -0.4 is 5.32 Å². The molecule has 0 aliphatic carbocycles. The van der Waals surface area contributed by atoms with E-state index in [-0.39, 0.29) is 18.4 Å². The lowest BCUT2D eigenvalue weighted by Gasteiger charge is -2.17. The number of benzene rings is 1. The van der Waals surface area contributed by atoms with E-state index in [9.17, 15) is 4.79 Å². The van der Waals surface area contributed by atoms with Crippen molar-refractivity contribution in [1.82, 2.24) is 4.57 Å². The number of hydrogen-bond acceptors (Lipinski definition) is 2. The fourth-order valence-electron chi connectivity index (χ4n) is 2.49. The molecule has 3 aromatic rings. The van der Waals surface area contributed by atoms with E-state index in [0.717, 1.165) is 11.3 Å². The zero-order valence-corrected chi connectivity index (χ0v) is 13.5. The van der Waals surface area contributed by atoms with Crippen LogP contribution in [0, 0.1) is 6.92 Å². The second kappa shape index (κ2) is 6.75. The summed E-state index contributed by atoms with van der Waals surface area (Å²) < 4.78 is 7.44. The number of halogens is 1. The molecule has 0 fully saturated rings. The van der Waals surface area contributed by atoms with Gasteiger partial charge in [-0.15, -0.1) is 0 Å². The van der Waals surface area contributed by atoms with Crippen LogP contribution in [0.15, 0.2) is 65.5 Å². The summed E-state index contributed by atoms with van der Waals surface area (Å²) in [4.78, 5) is 12.4. The van der Waals surface area contributed by atoms with Crippen LogP contribution in [0.4, 0.5) is 5.69 Å². The first-order valence-corrected chi connectivity index (χ1v) is 7.73. The van der Waals surface area contributed by atoms with Crippen LogP contribution in [-0.2, 0) is 4.79 Å². The van der Waals surface area contributed by atoms with Gasteiger partial charge in [0.2, 0.25) is 5.91 Å². The third-order valence-corrected chi connectivity index (χ3v) is 3.95. The number of rotatable bonds is 5. The van der Waals surface area contributed by atoms with Crippen molar-refractivity contribution >= 4 is 23.2 Å². The van der Waals surface area contributed by atoms with Crippen molar-refractivity contribution in [2.45, 2.75) is 19.4 Å². The highest BCUT2D eigenvalue weighted by Gasteiger charge is 2.20. The standard InChI is InChI=1S/C18H17ClN2O2/c1-13-6-7-15(14(19)11-13)20-18(22)12-16(17-5-4-10-23-17)21-8-2-3-9-21/h2-11,16H,12H2,1H3,(H,20,22)/t16-/m0/s1. The monoisotopic (exact) mass is 328 g/mol. The number of amides is 1. The van der Waals surface area contributed by atoms with Crippen molar-refractivity contribution in [2.75, 3.05) is 5.32 Å². The summed E-state index contributed by atoms with van der Waals surface area (Å²) in [5.74, 6) is 0.622. The minimum Gasteiger partial charge on any atom is -0.467 e. The molecule has 1 aromatic carbocycles. The number of furan rings is 1. The molecule has 0 spiro atoms. The van der Waals surface area contributed by atoms with E-state index in [4.69, 9.17) is 16.0 Å². The molecule has 0 saturated heterocycles.